The lowest BCUT2D eigenvalue weighted by Gasteiger charge is -2.35. The molecule has 0 spiro atoms. The zero-order valence-electron chi connectivity index (χ0n) is 14.0. The van der Waals surface area contributed by atoms with E-state index >= 15 is 0 Å². The molecule has 0 aliphatic carbocycles. The third kappa shape index (κ3) is 4.47. The molecule has 0 radical (unpaired) electrons. The number of urea groups is 1. The second-order valence-corrected chi connectivity index (χ2v) is 6.13. The van der Waals surface area contributed by atoms with Crippen molar-refractivity contribution in [2.45, 2.75) is 20.4 Å². The standard InChI is InChI=1S/C17H23N3O4/c1-12(2)15(21)19-7-9-20(10-8-19)17(24)18-11-13-3-5-14(6-4-13)16(22)23/h3-6,12H,7-11H2,1-2H3,(H,18,24)(H,22,23). The normalized spacial score (nSPS) is 14.6. The summed E-state index contributed by atoms with van der Waals surface area (Å²) in [6, 6.07) is 6.22. The Hall–Kier alpha value is -2.57. The molecular weight excluding hydrogens is 310 g/mol. The van der Waals surface area contributed by atoms with Crippen molar-refractivity contribution < 1.29 is 19.5 Å². The van der Waals surface area contributed by atoms with Crippen molar-refractivity contribution >= 4 is 17.9 Å². The van der Waals surface area contributed by atoms with E-state index in [0.717, 1.165) is 5.56 Å². The van der Waals surface area contributed by atoms with Gasteiger partial charge in [0.2, 0.25) is 5.91 Å². The Morgan fingerprint density at radius 3 is 2.08 bits per heavy atom. The molecule has 7 heteroatoms. The Labute approximate surface area is 141 Å². The van der Waals surface area contributed by atoms with Gasteiger partial charge in [0, 0.05) is 38.6 Å². The number of carbonyl (C=O) groups is 3. The molecule has 0 bridgehead atoms. The van der Waals surface area contributed by atoms with Crippen molar-refractivity contribution in [3.63, 3.8) is 0 Å². The molecule has 0 atom stereocenters. The number of amides is 3. The maximum Gasteiger partial charge on any atom is 0.335 e. The van der Waals surface area contributed by atoms with E-state index in [1.54, 1.807) is 21.9 Å². The van der Waals surface area contributed by atoms with Gasteiger partial charge in [0.05, 0.1) is 5.56 Å². The van der Waals surface area contributed by atoms with Gasteiger partial charge in [-0.2, -0.15) is 0 Å². The van der Waals surface area contributed by atoms with Crippen LogP contribution in [0.2, 0.25) is 0 Å². The second kappa shape index (κ2) is 7.81. The summed E-state index contributed by atoms with van der Waals surface area (Å²) in [6.07, 6.45) is 0. The van der Waals surface area contributed by atoms with Crippen LogP contribution < -0.4 is 5.32 Å². The number of aromatic carboxylic acids is 1. The van der Waals surface area contributed by atoms with Gasteiger partial charge in [0.1, 0.15) is 0 Å². The van der Waals surface area contributed by atoms with Gasteiger partial charge in [-0.15, -0.1) is 0 Å². The number of carboxylic acid groups (broad SMARTS) is 1. The SMILES string of the molecule is CC(C)C(=O)N1CCN(C(=O)NCc2ccc(C(=O)O)cc2)CC1. The first-order valence-electron chi connectivity index (χ1n) is 8.02. The van der Waals surface area contributed by atoms with Crippen molar-refractivity contribution in [3.8, 4) is 0 Å². The number of hydrogen-bond acceptors (Lipinski definition) is 3. The van der Waals surface area contributed by atoms with E-state index in [0.29, 0.717) is 32.7 Å². The zero-order valence-corrected chi connectivity index (χ0v) is 14.0. The fraction of sp³-hybridized carbons (Fsp3) is 0.471. The number of nitrogens with zero attached hydrogens (tertiary/aromatic N) is 2. The van der Waals surface area contributed by atoms with Gasteiger partial charge in [-0.05, 0) is 17.7 Å². The highest BCUT2D eigenvalue weighted by Crippen LogP contribution is 2.08. The highest BCUT2D eigenvalue weighted by Gasteiger charge is 2.25. The number of carboxylic acids is 1. The fourth-order valence-electron chi connectivity index (χ4n) is 2.55. The largest absolute Gasteiger partial charge is 0.478 e. The van der Waals surface area contributed by atoms with Crippen LogP contribution in [0.5, 0.6) is 0 Å². The maximum absolute atomic E-state index is 12.2. The third-order valence-electron chi connectivity index (χ3n) is 4.02. The Bertz CT molecular complexity index is 605. The topological polar surface area (TPSA) is 90.0 Å². The molecule has 1 heterocycles. The molecule has 3 amide bonds. The molecule has 130 valence electrons. The monoisotopic (exact) mass is 333 g/mol. The number of carbonyl (C=O) groups excluding carboxylic acids is 2. The van der Waals surface area contributed by atoms with Crippen LogP contribution in [0.4, 0.5) is 4.79 Å². The predicted molar refractivity (Wildman–Crippen MR) is 88.6 cm³/mol. The van der Waals surface area contributed by atoms with Gasteiger partial charge >= 0.3 is 12.0 Å². The van der Waals surface area contributed by atoms with Gasteiger partial charge in [-0.3, -0.25) is 4.79 Å². The van der Waals surface area contributed by atoms with Gasteiger partial charge in [0.25, 0.3) is 0 Å². The molecule has 0 saturated carbocycles. The van der Waals surface area contributed by atoms with Gasteiger partial charge < -0.3 is 20.2 Å². The van der Waals surface area contributed by atoms with E-state index in [1.165, 1.54) is 12.1 Å². The van der Waals surface area contributed by atoms with Crippen molar-refractivity contribution in [2.24, 2.45) is 5.92 Å². The Morgan fingerprint density at radius 1 is 1.04 bits per heavy atom. The van der Waals surface area contributed by atoms with Crippen molar-refractivity contribution in [1.82, 2.24) is 15.1 Å². The first-order chi connectivity index (χ1) is 11.4. The van der Waals surface area contributed by atoms with Crippen LogP contribution in [0.25, 0.3) is 0 Å². The molecule has 0 aromatic heterocycles. The fourth-order valence-corrected chi connectivity index (χ4v) is 2.55. The van der Waals surface area contributed by atoms with E-state index in [4.69, 9.17) is 5.11 Å². The van der Waals surface area contributed by atoms with Gasteiger partial charge in [-0.1, -0.05) is 26.0 Å². The molecule has 1 aliphatic heterocycles. The molecule has 1 aromatic carbocycles. The minimum absolute atomic E-state index is 0.0286. The molecule has 24 heavy (non-hydrogen) atoms. The summed E-state index contributed by atoms with van der Waals surface area (Å²) >= 11 is 0. The van der Waals surface area contributed by atoms with Crippen LogP contribution in [0.3, 0.4) is 0 Å². The van der Waals surface area contributed by atoms with Crippen molar-refractivity contribution in [2.75, 3.05) is 26.2 Å². The summed E-state index contributed by atoms with van der Waals surface area (Å²) in [6.45, 7) is 6.22. The Balaban J connectivity index is 1.79. The first-order valence-corrected chi connectivity index (χ1v) is 8.02. The van der Waals surface area contributed by atoms with Crippen LogP contribution in [-0.2, 0) is 11.3 Å². The molecule has 2 N–H and O–H groups in total. The van der Waals surface area contributed by atoms with Crippen LogP contribution in [-0.4, -0.2) is 59.0 Å². The van der Waals surface area contributed by atoms with Crippen LogP contribution in [0, 0.1) is 5.92 Å². The van der Waals surface area contributed by atoms with Crippen molar-refractivity contribution in [1.29, 1.82) is 0 Å². The summed E-state index contributed by atoms with van der Waals surface area (Å²) in [7, 11) is 0. The highest BCUT2D eigenvalue weighted by molar-refractivity contribution is 5.87. The average molecular weight is 333 g/mol. The molecule has 1 saturated heterocycles. The molecule has 7 nitrogen and oxygen atoms in total. The molecule has 1 fully saturated rings. The van der Waals surface area contributed by atoms with Gasteiger partial charge in [-0.25, -0.2) is 9.59 Å². The summed E-state index contributed by atoms with van der Waals surface area (Å²) in [5.74, 6) is -0.882. The van der Waals surface area contributed by atoms with E-state index in [2.05, 4.69) is 5.32 Å². The smallest absolute Gasteiger partial charge is 0.335 e. The van der Waals surface area contributed by atoms with Crippen LogP contribution in [0.1, 0.15) is 29.8 Å². The highest BCUT2D eigenvalue weighted by atomic mass is 16.4. The third-order valence-corrected chi connectivity index (χ3v) is 4.02. The average Bonchev–Trinajstić information content (AvgIpc) is 2.59. The lowest BCUT2D eigenvalue weighted by molar-refractivity contribution is -0.135. The lowest BCUT2D eigenvalue weighted by atomic mass is 10.1. The number of benzene rings is 1. The quantitative estimate of drug-likeness (QED) is 0.871. The Kier molecular flexibility index (Phi) is 5.78. The summed E-state index contributed by atoms with van der Waals surface area (Å²) in [5, 5.41) is 11.7. The summed E-state index contributed by atoms with van der Waals surface area (Å²) < 4.78 is 0. The van der Waals surface area contributed by atoms with Crippen LogP contribution in [0.15, 0.2) is 24.3 Å². The number of nitrogens with one attached hydrogen (secondary N) is 1. The molecule has 1 aliphatic rings. The number of rotatable bonds is 4. The molecule has 0 unspecified atom stereocenters. The minimum Gasteiger partial charge on any atom is -0.478 e. The summed E-state index contributed by atoms with van der Waals surface area (Å²) in [4.78, 5) is 38.4. The molecule has 1 aromatic rings. The molecular formula is C17H23N3O4. The summed E-state index contributed by atoms with van der Waals surface area (Å²) in [5.41, 5.74) is 1.05. The number of piperazine rings is 1. The van der Waals surface area contributed by atoms with E-state index in [-0.39, 0.29) is 23.4 Å². The molecule has 2 rings (SSSR count). The first kappa shape index (κ1) is 17.8. The van der Waals surface area contributed by atoms with Crippen LogP contribution >= 0.6 is 0 Å². The maximum atomic E-state index is 12.2. The Morgan fingerprint density at radius 2 is 1.58 bits per heavy atom. The lowest BCUT2D eigenvalue weighted by Crippen LogP contribution is -2.53. The van der Waals surface area contributed by atoms with Gasteiger partial charge in [0.15, 0.2) is 0 Å². The minimum atomic E-state index is -0.973. The van der Waals surface area contributed by atoms with E-state index in [9.17, 15) is 14.4 Å². The van der Waals surface area contributed by atoms with Crippen molar-refractivity contribution in [3.05, 3.63) is 35.4 Å². The predicted octanol–water partition coefficient (Wildman–Crippen LogP) is 1.39. The number of hydrogen-bond donors (Lipinski definition) is 2. The van der Waals surface area contributed by atoms with E-state index in [1.807, 2.05) is 13.8 Å². The van der Waals surface area contributed by atoms with E-state index < -0.39 is 5.97 Å². The second-order valence-electron chi connectivity index (χ2n) is 6.13. The zero-order chi connectivity index (χ0) is 17.7.